The summed E-state index contributed by atoms with van der Waals surface area (Å²) in [5.41, 5.74) is 1.14. The van der Waals surface area contributed by atoms with Crippen LogP contribution in [0.1, 0.15) is 18.9 Å². The van der Waals surface area contributed by atoms with Crippen LogP contribution in [0, 0.1) is 0 Å². The van der Waals surface area contributed by atoms with Crippen LogP contribution in [0.2, 0.25) is 0 Å². The van der Waals surface area contributed by atoms with Crippen LogP contribution in [0.5, 0.6) is 5.75 Å². The topological polar surface area (TPSA) is 74.2 Å². The van der Waals surface area contributed by atoms with E-state index in [9.17, 15) is 9.90 Å². The van der Waals surface area contributed by atoms with Gasteiger partial charge in [0.15, 0.2) is 5.13 Å². The lowest BCUT2D eigenvalue weighted by Crippen LogP contribution is -2.36. The fraction of sp³-hybridized carbons (Fsp3) is 0.286. The number of carbonyl (C=O) groups excluding carboxylic acids is 1. The summed E-state index contributed by atoms with van der Waals surface area (Å²) < 4.78 is 0. The molecule has 1 atom stereocenters. The normalized spacial score (nSPS) is 11.8. The molecule has 1 aromatic carbocycles. The first-order valence-corrected chi connectivity index (χ1v) is 7.26. The number of aryl methyl sites for hydroxylation is 1. The Hall–Kier alpha value is -2.08. The Balaban J connectivity index is 1.73. The second-order valence-corrected chi connectivity index (χ2v) is 5.44. The molecule has 5 nitrogen and oxygen atoms in total. The van der Waals surface area contributed by atoms with Gasteiger partial charge >= 0.3 is 6.03 Å². The number of phenolic OH excluding ortho intramolecular Hbond substituents is 1. The Kier molecular flexibility index (Phi) is 4.95. The lowest BCUT2D eigenvalue weighted by atomic mass is 10.1. The molecule has 1 heterocycles. The number of benzene rings is 1. The lowest BCUT2D eigenvalue weighted by Gasteiger charge is -2.13. The molecule has 2 aromatic rings. The van der Waals surface area contributed by atoms with Gasteiger partial charge in [0.05, 0.1) is 0 Å². The Morgan fingerprint density at radius 1 is 1.40 bits per heavy atom. The van der Waals surface area contributed by atoms with Crippen LogP contribution in [0.3, 0.4) is 0 Å². The Bertz CT molecular complexity index is 540. The number of nitrogens with one attached hydrogen (secondary N) is 2. The van der Waals surface area contributed by atoms with Crippen molar-refractivity contribution in [3.05, 3.63) is 41.4 Å². The Morgan fingerprint density at radius 2 is 2.15 bits per heavy atom. The molecule has 0 aliphatic heterocycles. The van der Waals surface area contributed by atoms with Crippen molar-refractivity contribution >= 4 is 22.5 Å². The largest absolute Gasteiger partial charge is 0.508 e. The van der Waals surface area contributed by atoms with Gasteiger partial charge in [0.2, 0.25) is 0 Å². The highest BCUT2D eigenvalue weighted by Crippen LogP contribution is 2.12. The number of nitrogens with zero attached hydrogens (tertiary/aromatic N) is 1. The van der Waals surface area contributed by atoms with E-state index < -0.39 is 0 Å². The first kappa shape index (κ1) is 14.3. The smallest absolute Gasteiger partial charge is 0.321 e. The van der Waals surface area contributed by atoms with Gasteiger partial charge in [-0.15, -0.1) is 11.3 Å². The molecule has 0 saturated heterocycles. The number of rotatable bonds is 5. The third kappa shape index (κ3) is 4.55. The number of carbonyl (C=O) groups is 1. The van der Waals surface area contributed by atoms with Crippen LogP contribution in [0.15, 0.2) is 35.8 Å². The fourth-order valence-corrected chi connectivity index (χ4v) is 2.28. The Labute approximate surface area is 121 Å². The number of hydrogen-bond donors (Lipinski definition) is 3. The van der Waals surface area contributed by atoms with E-state index in [0.29, 0.717) is 5.13 Å². The zero-order valence-corrected chi connectivity index (χ0v) is 12.0. The van der Waals surface area contributed by atoms with Gasteiger partial charge in [0.1, 0.15) is 5.75 Å². The number of aromatic nitrogens is 1. The third-order valence-corrected chi connectivity index (χ3v) is 3.52. The number of anilines is 1. The average Bonchev–Trinajstić information content (AvgIpc) is 2.90. The van der Waals surface area contributed by atoms with E-state index in [0.717, 1.165) is 18.4 Å². The minimum Gasteiger partial charge on any atom is -0.508 e. The van der Waals surface area contributed by atoms with Gasteiger partial charge in [0.25, 0.3) is 0 Å². The maximum absolute atomic E-state index is 11.7. The summed E-state index contributed by atoms with van der Waals surface area (Å²) in [5, 5.41) is 17.2. The molecule has 2 amide bonds. The van der Waals surface area contributed by atoms with Crippen molar-refractivity contribution in [2.24, 2.45) is 0 Å². The second kappa shape index (κ2) is 6.91. The molecule has 2 rings (SSSR count). The molecule has 0 aliphatic rings. The number of aromatic hydroxyl groups is 1. The quantitative estimate of drug-likeness (QED) is 0.792. The summed E-state index contributed by atoms with van der Waals surface area (Å²) in [7, 11) is 0. The average molecular weight is 291 g/mol. The molecule has 1 aromatic heterocycles. The first-order valence-electron chi connectivity index (χ1n) is 6.38. The summed E-state index contributed by atoms with van der Waals surface area (Å²) >= 11 is 1.38. The zero-order valence-electron chi connectivity index (χ0n) is 11.2. The van der Waals surface area contributed by atoms with E-state index in [4.69, 9.17) is 0 Å². The van der Waals surface area contributed by atoms with Gasteiger partial charge in [0, 0.05) is 17.6 Å². The fourth-order valence-electron chi connectivity index (χ4n) is 1.76. The highest BCUT2D eigenvalue weighted by molar-refractivity contribution is 7.13. The monoisotopic (exact) mass is 291 g/mol. The highest BCUT2D eigenvalue weighted by Gasteiger charge is 2.08. The van der Waals surface area contributed by atoms with Crippen molar-refractivity contribution in [1.29, 1.82) is 0 Å². The summed E-state index contributed by atoms with van der Waals surface area (Å²) in [5.74, 6) is 0.266. The van der Waals surface area contributed by atoms with E-state index in [1.807, 2.05) is 24.4 Å². The molecule has 0 radical (unpaired) electrons. The molecule has 0 fully saturated rings. The van der Waals surface area contributed by atoms with E-state index >= 15 is 0 Å². The predicted molar refractivity (Wildman–Crippen MR) is 80.2 cm³/mol. The van der Waals surface area contributed by atoms with Crippen LogP contribution in [-0.2, 0) is 6.42 Å². The summed E-state index contributed by atoms with van der Waals surface area (Å²) in [6.45, 7) is 1.96. The van der Waals surface area contributed by atoms with E-state index in [1.165, 1.54) is 11.3 Å². The van der Waals surface area contributed by atoms with Gasteiger partial charge in [-0.2, -0.15) is 0 Å². The minimum absolute atomic E-state index is 0.0590. The van der Waals surface area contributed by atoms with Crippen molar-refractivity contribution in [2.75, 3.05) is 5.32 Å². The highest BCUT2D eigenvalue weighted by atomic mass is 32.1. The van der Waals surface area contributed by atoms with Crippen LogP contribution in [0.25, 0.3) is 0 Å². The first-order chi connectivity index (χ1) is 9.63. The standard InChI is InChI=1S/C14H17N3O2S/c1-10(2-3-11-4-6-12(18)7-5-11)16-13(19)17-14-15-8-9-20-14/h4-10,18H,2-3H2,1H3,(H2,15,16,17,19)/t10-/m1/s1. The summed E-state index contributed by atoms with van der Waals surface area (Å²) in [4.78, 5) is 15.7. The van der Waals surface area contributed by atoms with Gasteiger partial charge < -0.3 is 10.4 Å². The molecule has 6 heteroatoms. The molecule has 3 N–H and O–H groups in total. The van der Waals surface area contributed by atoms with Crippen LogP contribution < -0.4 is 10.6 Å². The second-order valence-electron chi connectivity index (χ2n) is 4.54. The molecule has 0 spiro atoms. The number of thiazole rings is 1. The molecule has 20 heavy (non-hydrogen) atoms. The van der Waals surface area contributed by atoms with Crippen LogP contribution in [-0.4, -0.2) is 22.2 Å². The van der Waals surface area contributed by atoms with Crippen LogP contribution in [0.4, 0.5) is 9.93 Å². The van der Waals surface area contributed by atoms with Crippen molar-refractivity contribution in [3.63, 3.8) is 0 Å². The van der Waals surface area contributed by atoms with Gasteiger partial charge in [-0.3, -0.25) is 5.32 Å². The van der Waals surface area contributed by atoms with Crippen molar-refractivity contribution < 1.29 is 9.90 Å². The van der Waals surface area contributed by atoms with Crippen molar-refractivity contribution in [3.8, 4) is 5.75 Å². The molecular weight excluding hydrogens is 274 g/mol. The predicted octanol–water partition coefficient (Wildman–Crippen LogP) is 2.99. The minimum atomic E-state index is -0.238. The molecular formula is C14H17N3O2S. The van der Waals surface area contributed by atoms with Gasteiger partial charge in [-0.25, -0.2) is 9.78 Å². The van der Waals surface area contributed by atoms with Crippen molar-refractivity contribution in [1.82, 2.24) is 10.3 Å². The molecule has 0 bridgehead atoms. The summed E-state index contributed by atoms with van der Waals surface area (Å²) in [6, 6.07) is 6.93. The zero-order chi connectivity index (χ0) is 14.4. The van der Waals surface area contributed by atoms with Gasteiger partial charge in [-0.05, 0) is 37.5 Å². The van der Waals surface area contributed by atoms with Crippen molar-refractivity contribution in [2.45, 2.75) is 25.8 Å². The maximum atomic E-state index is 11.7. The van der Waals surface area contributed by atoms with Crippen LogP contribution >= 0.6 is 11.3 Å². The molecule has 0 aliphatic carbocycles. The molecule has 0 unspecified atom stereocenters. The number of hydrogen-bond acceptors (Lipinski definition) is 4. The maximum Gasteiger partial charge on any atom is 0.321 e. The number of phenols is 1. The third-order valence-electron chi connectivity index (χ3n) is 2.83. The van der Waals surface area contributed by atoms with E-state index in [-0.39, 0.29) is 17.8 Å². The summed E-state index contributed by atoms with van der Waals surface area (Å²) in [6.07, 6.45) is 3.32. The number of urea groups is 1. The number of amides is 2. The lowest BCUT2D eigenvalue weighted by molar-refractivity contribution is 0.248. The Morgan fingerprint density at radius 3 is 2.80 bits per heavy atom. The SMILES string of the molecule is C[C@H](CCc1ccc(O)cc1)NC(=O)Nc1nccs1. The van der Waals surface area contributed by atoms with E-state index in [1.54, 1.807) is 18.3 Å². The van der Waals surface area contributed by atoms with Gasteiger partial charge in [-0.1, -0.05) is 12.1 Å². The molecule has 106 valence electrons. The molecule has 0 saturated carbocycles. The van der Waals surface area contributed by atoms with E-state index in [2.05, 4.69) is 15.6 Å².